The van der Waals surface area contributed by atoms with Gasteiger partial charge in [0.05, 0.1) is 42.9 Å². The van der Waals surface area contributed by atoms with Gasteiger partial charge >= 0.3 is 0 Å². The number of aromatic nitrogens is 1. The third kappa shape index (κ3) is 7.22. The smallest absolute Gasteiger partial charge is 0.257 e. The predicted octanol–water partition coefficient (Wildman–Crippen LogP) is 5.43. The average Bonchev–Trinajstić information content (AvgIpc) is 3.67. The highest BCUT2D eigenvalue weighted by molar-refractivity contribution is 6.13. The number of carbonyl (C=O) groups is 3. The number of aromatic amines is 1. The molecule has 2 amide bonds. The molecule has 1 aromatic heterocycles. The van der Waals surface area contributed by atoms with E-state index in [0.717, 1.165) is 84.8 Å². The summed E-state index contributed by atoms with van der Waals surface area (Å²) in [5, 5.41) is 3.97. The monoisotopic (exact) mass is 628 g/mol. The zero-order valence-electron chi connectivity index (χ0n) is 27.6. The van der Waals surface area contributed by atoms with Crippen molar-refractivity contribution >= 4 is 34.7 Å². The highest BCUT2D eigenvalue weighted by Gasteiger charge is 2.40. The van der Waals surface area contributed by atoms with Crippen LogP contribution in [-0.2, 0) is 25.5 Å². The minimum absolute atomic E-state index is 0.00545. The molecule has 9 nitrogen and oxygen atoms in total. The van der Waals surface area contributed by atoms with E-state index in [1.165, 1.54) is 0 Å². The number of likely N-dealkylation sites (tertiary alicyclic amines) is 1. The Bertz CT molecular complexity index is 1550. The molecule has 2 saturated heterocycles. The molecule has 0 unspecified atom stereocenters. The summed E-state index contributed by atoms with van der Waals surface area (Å²) in [5.74, 6) is 0.0911. The van der Waals surface area contributed by atoms with Crippen LogP contribution in [0.25, 0.3) is 10.9 Å². The van der Waals surface area contributed by atoms with E-state index in [2.05, 4.69) is 29.0 Å². The normalized spacial score (nSPS) is 27.2. The predicted molar refractivity (Wildman–Crippen MR) is 179 cm³/mol. The fraction of sp³-hybridized carbons (Fsp3) is 0.541. The van der Waals surface area contributed by atoms with Gasteiger partial charge in [0.15, 0.2) is 0 Å². The van der Waals surface area contributed by atoms with Crippen LogP contribution in [0, 0.1) is 19.8 Å². The summed E-state index contributed by atoms with van der Waals surface area (Å²) in [6.45, 7) is 11.1. The van der Waals surface area contributed by atoms with Gasteiger partial charge in [-0.1, -0.05) is 24.3 Å². The SMILES string of the molecule is Cc1cc(NC(=O)c2c[nH]c3ccccc23)c(C)cc1CC(=O)N1C[C@@H](N2C[C@@H](C)O[C@@H](C)C2)C[C@H]1CO[C@H]1CC[C@H](C=O)CC1. The van der Waals surface area contributed by atoms with Gasteiger partial charge < -0.3 is 29.5 Å². The number of nitrogens with one attached hydrogen (secondary N) is 2. The molecule has 3 fully saturated rings. The van der Waals surface area contributed by atoms with Crippen LogP contribution in [-0.4, -0.2) is 89.5 Å². The van der Waals surface area contributed by atoms with E-state index in [9.17, 15) is 14.4 Å². The standard InChI is InChI=1S/C37H48N4O5/c1-23-14-35(39-37(44)33-17-38-34-8-6-5-7-32(33)34)24(2)13-28(23)15-36(43)41-20-29(40-18-25(3)46-26(4)19-40)16-30(41)22-45-31-11-9-27(21-42)10-12-31/h5-8,13-14,17,21,25-27,29-31,38H,9-12,15-16,18-20,22H2,1-4H3,(H,39,44)/t25-,26+,27-,29-,30-,31-/m0/s1. The number of para-hydroxylation sites is 1. The molecule has 0 radical (unpaired) electrons. The fourth-order valence-electron chi connectivity index (χ4n) is 7.69. The number of carbonyl (C=O) groups excluding carboxylic acids is 3. The second-order valence-electron chi connectivity index (χ2n) is 13.8. The van der Waals surface area contributed by atoms with Gasteiger partial charge in [0.1, 0.15) is 6.29 Å². The summed E-state index contributed by atoms with van der Waals surface area (Å²) in [4.78, 5) is 46.2. The Morgan fingerprint density at radius 3 is 2.50 bits per heavy atom. The summed E-state index contributed by atoms with van der Waals surface area (Å²) < 4.78 is 12.4. The molecule has 9 heteroatoms. The van der Waals surface area contributed by atoms with E-state index >= 15 is 0 Å². The molecule has 1 saturated carbocycles. The Kier molecular flexibility index (Phi) is 9.92. The van der Waals surface area contributed by atoms with Crippen molar-refractivity contribution in [2.75, 3.05) is 31.6 Å². The summed E-state index contributed by atoms with van der Waals surface area (Å²) in [6.07, 6.45) is 8.03. The number of H-pyrrole nitrogens is 1. The van der Waals surface area contributed by atoms with Gasteiger partial charge in [0.25, 0.3) is 5.91 Å². The Morgan fingerprint density at radius 2 is 1.76 bits per heavy atom. The Hall–Kier alpha value is -3.53. The van der Waals surface area contributed by atoms with Gasteiger partial charge in [-0.25, -0.2) is 0 Å². The molecule has 3 heterocycles. The first kappa shape index (κ1) is 32.4. The number of ether oxygens (including phenoxy) is 2. The molecule has 4 atom stereocenters. The van der Waals surface area contributed by atoms with Crippen molar-refractivity contribution in [3.8, 4) is 0 Å². The summed E-state index contributed by atoms with van der Waals surface area (Å²) in [7, 11) is 0. The number of benzene rings is 2. The van der Waals surface area contributed by atoms with Gasteiger partial charge in [-0.15, -0.1) is 0 Å². The summed E-state index contributed by atoms with van der Waals surface area (Å²) >= 11 is 0. The molecule has 6 rings (SSSR count). The van der Waals surface area contributed by atoms with Crippen LogP contribution in [0.1, 0.15) is 73.0 Å². The van der Waals surface area contributed by atoms with Crippen molar-refractivity contribution in [2.45, 2.75) is 96.6 Å². The van der Waals surface area contributed by atoms with E-state index in [4.69, 9.17) is 9.47 Å². The number of aryl methyl sites for hydroxylation is 2. The topological polar surface area (TPSA) is 104 Å². The lowest BCUT2D eigenvalue weighted by Crippen LogP contribution is -2.51. The van der Waals surface area contributed by atoms with Crippen LogP contribution in [0.2, 0.25) is 0 Å². The van der Waals surface area contributed by atoms with Crippen LogP contribution in [0.5, 0.6) is 0 Å². The lowest BCUT2D eigenvalue weighted by Gasteiger charge is -2.38. The van der Waals surface area contributed by atoms with Crippen molar-refractivity contribution < 1.29 is 23.9 Å². The van der Waals surface area contributed by atoms with Crippen molar-refractivity contribution in [1.29, 1.82) is 0 Å². The van der Waals surface area contributed by atoms with Crippen molar-refractivity contribution in [2.24, 2.45) is 5.92 Å². The number of anilines is 1. The highest BCUT2D eigenvalue weighted by atomic mass is 16.5. The first-order valence-corrected chi connectivity index (χ1v) is 16.9. The minimum atomic E-state index is -0.166. The largest absolute Gasteiger partial charge is 0.376 e. The average molecular weight is 629 g/mol. The molecule has 2 aromatic carbocycles. The molecule has 3 aromatic rings. The Balaban J connectivity index is 1.14. The van der Waals surface area contributed by atoms with E-state index in [1.807, 2.05) is 55.1 Å². The maximum Gasteiger partial charge on any atom is 0.257 e. The molecular weight excluding hydrogens is 580 g/mol. The Labute approximate surface area is 272 Å². The van der Waals surface area contributed by atoms with Crippen LogP contribution >= 0.6 is 0 Å². The number of hydrogen-bond donors (Lipinski definition) is 2. The Morgan fingerprint density at radius 1 is 1.02 bits per heavy atom. The molecule has 1 aliphatic carbocycles. The van der Waals surface area contributed by atoms with Crippen molar-refractivity contribution in [1.82, 2.24) is 14.8 Å². The number of rotatable bonds is 9. The maximum atomic E-state index is 14.0. The van der Waals surface area contributed by atoms with Gasteiger partial charge in [-0.05, 0) is 88.6 Å². The van der Waals surface area contributed by atoms with E-state index in [0.29, 0.717) is 25.1 Å². The van der Waals surface area contributed by atoms with E-state index in [1.54, 1.807) is 6.20 Å². The minimum Gasteiger partial charge on any atom is -0.376 e. The van der Waals surface area contributed by atoms with E-state index < -0.39 is 0 Å². The van der Waals surface area contributed by atoms with Crippen LogP contribution < -0.4 is 5.32 Å². The summed E-state index contributed by atoms with van der Waals surface area (Å²) in [6, 6.07) is 12.0. The molecule has 0 bridgehead atoms. The molecule has 3 aliphatic rings. The number of fused-ring (bicyclic) bond motifs is 1. The molecule has 0 spiro atoms. The van der Waals surface area contributed by atoms with Crippen molar-refractivity contribution in [3.05, 3.63) is 64.8 Å². The first-order valence-electron chi connectivity index (χ1n) is 16.9. The third-order valence-corrected chi connectivity index (χ3v) is 10.2. The maximum absolute atomic E-state index is 14.0. The molecular formula is C37H48N4O5. The molecule has 2 aliphatic heterocycles. The fourth-order valence-corrected chi connectivity index (χ4v) is 7.69. The number of amides is 2. The second-order valence-corrected chi connectivity index (χ2v) is 13.8. The van der Waals surface area contributed by atoms with Gasteiger partial charge in [0.2, 0.25) is 5.91 Å². The van der Waals surface area contributed by atoms with Crippen LogP contribution in [0.3, 0.4) is 0 Å². The van der Waals surface area contributed by atoms with Crippen LogP contribution in [0.4, 0.5) is 5.69 Å². The highest BCUT2D eigenvalue weighted by Crippen LogP contribution is 2.30. The lowest BCUT2D eigenvalue weighted by molar-refractivity contribution is -0.133. The molecule has 46 heavy (non-hydrogen) atoms. The van der Waals surface area contributed by atoms with Crippen LogP contribution in [0.15, 0.2) is 42.6 Å². The summed E-state index contributed by atoms with van der Waals surface area (Å²) in [5.41, 5.74) is 5.13. The van der Waals surface area contributed by atoms with Gasteiger partial charge in [-0.3, -0.25) is 14.5 Å². The quantitative estimate of drug-likeness (QED) is 0.306. The zero-order valence-corrected chi connectivity index (χ0v) is 27.6. The molecule has 246 valence electrons. The van der Waals surface area contributed by atoms with E-state index in [-0.39, 0.29) is 48.1 Å². The van der Waals surface area contributed by atoms with Crippen molar-refractivity contribution in [3.63, 3.8) is 0 Å². The zero-order chi connectivity index (χ0) is 32.4. The lowest BCUT2D eigenvalue weighted by atomic mass is 9.88. The number of nitrogens with zero attached hydrogens (tertiary/aromatic N) is 2. The van der Waals surface area contributed by atoms with Gasteiger partial charge in [0, 0.05) is 54.4 Å². The first-order chi connectivity index (χ1) is 22.2. The number of hydrogen-bond acceptors (Lipinski definition) is 6. The number of aldehydes is 1. The molecule has 2 N–H and O–H groups in total. The second kappa shape index (κ2) is 14.1. The number of morpholine rings is 1. The van der Waals surface area contributed by atoms with Gasteiger partial charge in [-0.2, -0.15) is 0 Å². The third-order valence-electron chi connectivity index (χ3n) is 10.2.